The maximum absolute atomic E-state index is 12.4. The number of nitrogens with one attached hydrogen (secondary N) is 1. The molecule has 1 aromatic rings. The molecular weight excluding hydrogens is 306 g/mol. The number of amides is 2. The first-order valence-electron chi connectivity index (χ1n) is 8.59. The second-order valence-corrected chi connectivity index (χ2v) is 6.11. The molecule has 6 heteroatoms. The lowest BCUT2D eigenvalue weighted by Gasteiger charge is -2.36. The summed E-state index contributed by atoms with van der Waals surface area (Å²) >= 11 is 0. The predicted molar refractivity (Wildman–Crippen MR) is 92.7 cm³/mol. The molecule has 1 fully saturated rings. The monoisotopic (exact) mass is 333 g/mol. The molecule has 24 heavy (non-hydrogen) atoms. The summed E-state index contributed by atoms with van der Waals surface area (Å²) in [6, 6.07) is 8.75. The molecule has 1 aliphatic rings. The first kappa shape index (κ1) is 18.4. The zero-order chi connectivity index (χ0) is 17.5. The van der Waals surface area contributed by atoms with Gasteiger partial charge in [0.2, 0.25) is 5.91 Å². The number of rotatable bonds is 6. The summed E-state index contributed by atoms with van der Waals surface area (Å²) in [7, 11) is 0. The standard InChI is InChI=1S/C18H27N3O3/c1-3-20(4-2)13-17(23)19-15-10-11-21(12-16(15)22)18(24)14-8-6-5-7-9-14/h5-9,15-16,22H,3-4,10-13H2,1-2H3,(H,19,23)/t15-,16-/m1/s1. The van der Waals surface area contributed by atoms with Crippen LogP contribution in [-0.4, -0.2) is 71.6 Å². The van der Waals surface area contributed by atoms with Crippen molar-refractivity contribution in [3.05, 3.63) is 35.9 Å². The fourth-order valence-electron chi connectivity index (χ4n) is 2.95. The Hall–Kier alpha value is -1.92. The highest BCUT2D eigenvalue weighted by molar-refractivity contribution is 5.94. The van der Waals surface area contributed by atoms with Crippen molar-refractivity contribution in [1.29, 1.82) is 0 Å². The van der Waals surface area contributed by atoms with Crippen LogP contribution in [0, 0.1) is 0 Å². The topological polar surface area (TPSA) is 72.9 Å². The minimum atomic E-state index is -0.743. The second kappa shape index (κ2) is 8.80. The number of piperidine rings is 1. The largest absolute Gasteiger partial charge is 0.389 e. The molecule has 1 aromatic carbocycles. The third-order valence-corrected chi connectivity index (χ3v) is 4.50. The van der Waals surface area contributed by atoms with E-state index in [1.807, 2.05) is 36.9 Å². The first-order chi connectivity index (χ1) is 11.5. The first-order valence-corrected chi connectivity index (χ1v) is 8.59. The number of likely N-dealkylation sites (N-methyl/N-ethyl adjacent to an activating group) is 1. The van der Waals surface area contributed by atoms with Crippen LogP contribution in [0.15, 0.2) is 30.3 Å². The molecule has 0 radical (unpaired) electrons. The van der Waals surface area contributed by atoms with Crippen molar-refractivity contribution >= 4 is 11.8 Å². The molecule has 2 N–H and O–H groups in total. The molecule has 2 amide bonds. The van der Waals surface area contributed by atoms with Crippen LogP contribution >= 0.6 is 0 Å². The van der Waals surface area contributed by atoms with E-state index in [2.05, 4.69) is 5.32 Å². The number of nitrogens with zero attached hydrogens (tertiary/aromatic N) is 2. The number of likely N-dealkylation sites (tertiary alicyclic amines) is 1. The van der Waals surface area contributed by atoms with Gasteiger partial charge in [-0.25, -0.2) is 0 Å². The minimum absolute atomic E-state index is 0.0782. The Balaban J connectivity index is 1.86. The normalized spacial score (nSPS) is 20.9. The summed E-state index contributed by atoms with van der Waals surface area (Å²) in [4.78, 5) is 28.2. The summed E-state index contributed by atoms with van der Waals surface area (Å²) in [6.45, 7) is 6.76. The molecule has 0 bridgehead atoms. The number of carbonyl (C=O) groups is 2. The van der Waals surface area contributed by atoms with Crippen LogP contribution in [0.3, 0.4) is 0 Å². The van der Waals surface area contributed by atoms with E-state index in [9.17, 15) is 14.7 Å². The van der Waals surface area contributed by atoms with Gasteiger partial charge in [-0.05, 0) is 31.6 Å². The van der Waals surface area contributed by atoms with Crippen molar-refractivity contribution in [3.8, 4) is 0 Å². The van der Waals surface area contributed by atoms with Gasteiger partial charge < -0.3 is 15.3 Å². The number of carbonyl (C=O) groups excluding carboxylic acids is 2. The van der Waals surface area contributed by atoms with E-state index >= 15 is 0 Å². The van der Waals surface area contributed by atoms with Crippen LogP contribution < -0.4 is 5.32 Å². The summed E-state index contributed by atoms with van der Waals surface area (Å²) < 4.78 is 0. The minimum Gasteiger partial charge on any atom is -0.389 e. The zero-order valence-corrected chi connectivity index (χ0v) is 14.4. The summed E-state index contributed by atoms with van der Waals surface area (Å²) in [5.41, 5.74) is 0.619. The number of benzene rings is 1. The van der Waals surface area contributed by atoms with E-state index in [1.165, 1.54) is 0 Å². The average molecular weight is 333 g/mol. The number of aliphatic hydroxyl groups excluding tert-OH is 1. The molecule has 2 rings (SSSR count). The Labute approximate surface area is 143 Å². The van der Waals surface area contributed by atoms with Crippen LogP contribution in [0.4, 0.5) is 0 Å². The van der Waals surface area contributed by atoms with Gasteiger partial charge in [0.15, 0.2) is 0 Å². The number of aliphatic hydroxyl groups is 1. The summed E-state index contributed by atoms with van der Waals surface area (Å²) in [5, 5.41) is 13.2. The number of hydrogen-bond donors (Lipinski definition) is 2. The summed E-state index contributed by atoms with van der Waals surface area (Å²) in [5.74, 6) is -0.159. The van der Waals surface area contributed by atoms with Crippen molar-refractivity contribution < 1.29 is 14.7 Å². The van der Waals surface area contributed by atoms with Gasteiger partial charge in [0.1, 0.15) is 0 Å². The average Bonchev–Trinajstić information content (AvgIpc) is 2.61. The van der Waals surface area contributed by atoms with Gasteiger partial charge in [-0.3, -0.25) is 14.5 Å². The molecular formula is C18H27N3O3. The van der Waals surface area contributed by atoms with Crippen LogP contribution in [0.25, 0.3) is 0 Å². The van der Waals surface area contributed by atoms with Crippen LogP contribution in [0.1, 0.15) is 30.6 Å². The number of β-amino-alcohol motifs (C(OH)–C–C–N with tert-alkyl or cyclic N) is 1. The Morgan fingerprint density at radius 1 is 1.25 bits per heavy atom. The molecule has 0 saturated carbocycles. The van der Waals surface area contributed by atoms with Crippen molar-refractivity contribution in [3.63, 3.8) is 0 Å². The molecule has 6 nitrogen and oxygen atoms in total. The Bertz CT molecular complexity index is 546. The lowest BCUT2D eigenvalue weighted by Crippen LogP contribution is -2.56. The van der Waals surface area contributed by atoms with E-state index < -0.39 is 6.10 Å². The smallest absolute Gasteiger partial charge is 0.253 e. The fourth-order valence-corrected chi connectivity index (χ4v) is 2.95. The zero-order valence-electron chi connectivity index (χ0n) is 14.4. The van der Waals surface area contributed by atoms with Crippen molar-refractivity contribution in [2.75, 3.05) is 32.7 Å². The lowest BCUT2D eigenvalue weighted by atomic mass is 10.0. The van der Waals surface area contributed by atoms with Gasteiger partial charge >= 0.3 is 0 Å². The molecule has 1 saturated heterocycles. The van der Waals surface area contributed by atoms with Crippen molar-refractivity contribution in [1.82, 2.24) is 15.1 Å². The molecule has 0 unspecified atom stereocenters. The maximum atomic E-state index is 12.4. The van der Waals surface area contributed by atoms with Crippen LogP contribution in [0.5, 0.6) is 0 Å². The quantitative estimate of drug-likeness (QED) is 0.805. The Morgan fingerprint density at radius 3 is 2.50 bits per heavy atom. The maximum Gasteiger partial charge on any atom is 0.253 e. The highest BCUT2D eigenvalue weighted by Gasteiger charge is 2.31. The van der Waals surface area contributed by atoms with E-state index in [0.29, 0.717) is 25.1 Å². The molecule has 0 spiro atoms. The van der Waals surface area contributed by atoms with Gasteiger partial charge in [0, 0.05) is 18.7 Å². The van der Waals surface area contributed by atoms with E-state index in [0.717, 1.165) is 13.1 Å². The molecule has 0 aliphatic carbocycles. The van der Waals surface area contributed by atoms with E-state index in [1.54, 1.807) is 17.0 Å². The third kappa shape index (κ3) is 4.79. The Morgan fingerprint density at radius 2 is 1.92 bits per heavy atom. The molecule has 2 atom stereocenters. The molecule has 0 aromatic heterocycles. The predicted octanol–water partition coefficient (Wildman–Crippen LogP) is 0.720. The molecule has 132 valence electrons. The third-order valence-electron chi connectivity index (χ3n) is 4.50. The Kier molecular flexibility index (Phi) is 6.75. The van der Waals surface area contributed by atoms with Gasteiger partial charge in [0.05, 0.1) is 18.7 Å². The highest BCUT2D eigenvalue weighted by atomic mass is 16.3. The SMILES string of the molecule is CCN(CC)CC(=O)N[C@@H]1CCN(C(=O)c2ccccc2)C[C@H]1O. The van der Waals surface area contributed by atoms with Gasteiger partial charge in [-0.2, -0.15) is 0 Å². The van der Waals surface area contributed by atoms with Gasteiger partial charge in [-0.15, -0.1) is 0 Å². The lowest BCUT2D eigenvalue weighted by molar-refractivity contribution is -0.124. The second-order valence-electron chi connectivity index (χ2n) is 6.11. The molecule has 1 heterocycles. The van der Waals surface area contributed by atoms with Crippen LogP contribution in [0.2, 0.25) is 0 Å². The number of hydrogen-bond acceptors (Lipinski definition) is 4. The van der Waals surface area contributed by atoms with E-state index in [-0.39, 0.29) is 24.4 Å². The van der Waals surface area contributed by atoms with Gasteiger partial charge in [-0.1, -0.05) is 32.0 Å². The van der Waals surface area contributed by atoms with Crippen LogP contribution in [-0.2, 0) is 4.79 Å². The van der Waals surface area contributed by atoms with Crippen molar-refractivity contribution in [2.24, 2.45) is 0 Å². The molecule has 1 aliphatic heterocycles. The summed E-state index contributed by atoms with van der Waals surface area (Å²) in [6.07, 6.45) is -0.184. The van der Waals surface area contributed by atoms with E-state index in [4.69, 9.17) is 0 Å². The van der Waals surface area contributed by atoms with Crippen molar-refractivity contribution in [2.45, 2.75) is 32.4 Å². The van der Waals surface area contributed by atoms with Gasteiger partial charge in [0.25, 0.3) is 5.91 Å². The highest BCUT2D eigenvalue weighted by Crippen LogP contribution is 2.14. The fraction of sp³-hybridized carbons (Fsp3) is 0.556.